The van der Waals surface area contributed by atoms with Gasteiger partial charge in [-0.2, -0.15) is 0 Å². The summed E-state index contributed by atoms with van der Waals surface area (Å²) >= 11 is 6.39. The van der Waals surface area contributed by atoms with E-state index in [1.165, 1.54) is 21.5 Å². The van der Waals surface area contributed by atoms with E-state index in [2.05, 4.69) is 11.3 Å². The third-order valence-electron chi connectivity index (χ3n) is 6.24. The van der Waals surface area contributed by atoms with Crippen LogP contribution in [-0.4, -0.2) is 67.7 Å². The van der Waals surface area contributed by atoms with Gasteiger partial charge < -0.3 is 18.9 Å². The summed E-state index contributed by atoms with van der Waals surface area (Å²) < 4.78 is 29.2. The van der Waals surface area contributed by atoms with E-state index in [9.17, 15) is 14.5 Å². The highest BCUT2D eigenvalue weighted by Gasteiger charge is 2.35. The van der Waals surface area contributed by atoms with Crippen molar-refractivity contribution in [3.63, 3.8) is 0 Å². The van der Waals surface area contributed by atoms with E-state index >= 15 is 0 Å². The number of hydrogen-bond donors (Lipinski definition) is 1. The molecule has 3 aromatic rings. The topological polar surface area (TPSA) is 86.5 Å². The number of hydrogen-bond acceptors (Lipinski definition) is 6. The molecular formula is C25H30ClN3O5P. The van der Waals surface area contributed by atoms with Crippen molar-refractivity contribution in [2.45, 2.75) is 12.3 Å². The third kappa shape index (κ3) is 4.86. The van der Waals surface area contributed by atoms with Gasteiger partial charge in [0.1, 0.15) is 28.2 Å². The lowest BCUT2D eigenvalue weighted by Crippen LogP contribution is -2.30. The number of nitrogens with zero attached hydrogens (tertiary/aromatic N) is 3. The number of likely N-dealkylation sites (tertiary alicyclic amines) is 1. The standard InChI is InChI=1S/C25H30ClN3O5P/c1-27(2)35(32,28(3)4)34-22-15-20(31)24-19(30)14-21(17-8-6-7-9-18(17)26)33-25(24)23(22)16-10-12-29(5)13-11-16/h6-10,14-16,31H,11-13H2,1-5H3/t16-/m1/s1. The van der Waals surface area contributed by atoms with Crippen LogP contribution in [-0.2, 0) is 4.57 Å². The van der Waals surface area contributed by atoms with Gasteiger partial charge in [0.15, 0.2) is 5.43 Å². The van der Waals surface area contributed by atoms with Crippen LogP contribution in [0.25, 0.3) is 22.3 Å². The molecule has 0 bridgehead atoms. The molecule has 2 heterocycles. The molecule has 1 saturated heterocycles. The van der Waals surface area contributed by atoms with Crippen LogP contribution in [0.4, 0.5) is 0 Å². The fourth-order valence-electron chi connectivity index (χ4n) is 4.32. The van der Waals surface area contributed by atoms with Gasteiger partial charge in [0.25, 0.3) is 0 Å². The monoisotopic (exact) mass is 518 g/mol. The molecule has 1 aromatic heterocycles. The van der Waals surface area contributed by atoms with Crippen molar-refractivity contribution >= 4 is 30.2 Å². The SMILES string of the molecule is CN1C[CH][C@@H](c2c(OP(=O)(N(C)C)N(C)C)cc(O)c3c(=O)cc(-c4ccccc4Cl)oc23)CC1. The molecule has 0 spiro atoms. The van der Waals surface area contributed by atoms with Gasteiger partial charge in [-0.3, -0.25) is 4.79 Å². The first-order valence-corrected chi connectivity index (χ1v) is 13.2. The molecule has 187 valence electrons. The van der Waals surface area contributed by atoms with Crippen molar-refractivity contribution in [3.05, 3.63) is 63.6 Å². The van der Waals surface area contributed by atoms with Gasteiger partial charge in [-0.15, -0.1) is 0 Å². The first kappa shape index (κ1) is 25.7. The molecule has 1 aliphatic rings. The summed E-state index contributed by atoms with van der Waals surface area (Å²) in [6.07, 6.45) is 2.85. The van der Waals surface area contributed by atoms with Crippen molar-refractivity contribution in [3.8, 4) is 22.8 Å². The predicted molar refractivity (Wildman–Crippen MR) is 139 cm³/mol. The van der Waals surface area contributed by atoms with Crippen LogP contribution in [0.5, 0.6) is 11.5 Å². The molecule has 1 fully saturated rings. The van der Waals surface area contributed by atoms with E-state index in [1.807, 2.05) is 7.05 Å². The quantitative estimate of drug-likeness (QED) is 0.454. The highest BCUT2D eigenvalue weighted by molar-refractivity contribution is 7.54. The number of benzene rings is 2. The van der Waals surface area contributed by atoms with E-state index < -0.39 is 13.1 Å². The van der Waals surface area contributed by atoms with Gasteiger partial charge in [0, 0.05) is 29.8 Å². The molecule has 0 amide bonds. The summed E-state index contributed by atoms with van der Waals surface area (Å²) in [5.74, 6) is 0.0511. The van der Waals surface area contributed by atoms with Gasteiger partial charge in [-0.1, -0.05) is 23.7 Å². The minimum Gasteiger partial charge on any atom is -0.507 e. The smallest absolute Gasteiger partial charge is 0.394 e. The number of phenols is 1. The zero-order valence-corrected chi connectivity index (χ0v) is 22.1. The van der Waals surface area contributed by atoms with E-state index in [1.54, 1.807) is 52.5 Å². The lowest BCUT2D eigenvalue weighted by Gasteiger charge is -2.33. The Hall–Kier alpha value is -2.35. The lowest BCUT2D eigenvalue weighted by molar-refractivity contribution is 0.299. The Morgan fingerprint density at radius 1 is 1.17 bits per heavy atom. The van der Waals surface area contributed by atoms with Gasteiger partial charge in [0.05, 0.1) is 5.02 Å². The molecule has 1 atom stereocenters. The van der Waals surface area contributed by atoms with Crippen LogP contribution >= 0.6 is 19.3 Å². The average molecular weight is 519 g/mol. The van der Waals surface area contributed by atoms with Crippen molar-refractivity contribution in [2.24, 2.45) is 0 Å². The first-order chi connectivity index (χ1) is 16.5. The maximum atomic E-state index is 13.7. The Morgan fingerprint density at radius 2 is 1.86 bits per heavy atom. The lowest BCUT2D eigenvalue weighted by atomic mass is 9.87. The summed E-state index contributed by atoms with van der Waals surface area (Å²) in [6.45, 7) is 1.54. The van der Waals surface area contributed by atoms with Gasteiger partial charge in [-0.05, 0) is 72.7 Å². The van der Waals surface area contributed by atoms with Crippen LogP contribution < -0.4 is 9.95 Å². The van der Waals surface area contributed by atoms with E-state index in [-0.39, 0.29) is 34.1 Å². The Balaban J connectivity index is 2.02. The minimum absolute atomic E-state index is 0.0556. The second-order valence-corrected chi connectivity index (χ2v) is 12.3. The van der Waals surface area contributed by atoms with Crippen LogP contribution in [0, 0.1) is 6.42 Å². The van der Waals surface area contributed by atoms with Crippen molar-refractivity contribution in [1.82, 2.24) is 14.2 Å². The van der Waals surface area contributed by atoms with Crippen LogP contribution in [0.1, 0.15) is 17.9 Å². The van der Waals surface area contributed by atoms with Crippen molar-refractivity contribution < 1.29 is 18.6 Å². The second-order valence-electron chi connectivity index (χ2n) is 9.14. The molecule has 1 radical (unpaired) electrons. The van der Waals surface area contributed by atoms with Gasteiger partial charge >= 0.3 is 7.67 Å². The zero-order chi connectivity index (χ0) is 25.5. The van der Waals surface area contributed by atoms with E-state index in [0.717, 1.165) is 19.5 Å². The maximum Gasteiger partial charge on any atom is 0.394 e. The molecule has 2 aromatic carbocycles. The molecule has 10 heteroatoms. The molecule has 0 unspecified atom stereocenters. The molecule has 1 N–H and O–H groups in total. The summed E-state index contributed by atoms with van der Waals surface area (Å²) in [7, 11) is 5.22. The highest BCUT2D eigenvalue weighted by Crippen LogP contribution is 2.54. The van der Waals surface area contributed by atoms with Gasteiger partial charge in [0.2, 0.25) is 0 Å². The zero-order valence-electron chi connectivity index (χ0n) is 20.5. The molecular weight excluding hydrogens is 489 g/mol. The Labute approximate surface area is 210 Å². The molecule has 35 heavy (non-hydrogen) atoms. The molecule has 0 saturated carbocycles. The first-order valence-electron chi connectivity index (χ1n) is 11.3. The average Bonchev–Trinajstić information content (AvgIpc) is 2.79. The largest absolute Gasteiger partial charge is 0.507 e. The number of aromatic hydroxyl groups is 1. The summed E-state index contributed by atoms with van der Waals surface area (Å²) in [4.78, 5) is 15.4. The Morgan fingerprint density at radius 3 is 2.46 bits per heavy atom. The number of piperidine rings is 1. The number of halogens is 1. The third-order valence-corrected chi connectivity index (χ3v) is 9.03. The van der Waals surface area contributed by atoms with Crippen molar-refractivity contribution in [2.75, 3.05) is 48.3 Å². The number of rotatable bonds is 6. The van der Waals surface area contributed by atoms with E-state index in [0.29, 0.717) is 16.1 Å². The summed E-state index contributed by atoms with van der Waals surface area (Å²) in [5, 5.41) is 11.4. The molecule has 8 nitrogen and oxygen atoms in total. The Kier molecular flexibility index (Phi) is 7.32. The minimum atomic E-state index is -3.47. The number of fused-ring (bicyclic) bond motifs is 1. The number of phenolic OH excluding ortho intramolecular Hbond substituents is 1. The van der Waals surface area contributed by atoms with E-state index in [4.69, 9.17) is 20.5 Å². The fraction of sp³-hybridized carbons (Fsp3) is 0.360. The molecule has 1 aliphatic heterocycles. The molecule has 4 rings (SSSR count). The normalized spacial score (nSPS) is 15.9. The van der Waals surface area contributed by atoms with Crippen LogP contribution in [0.15, 0.2) is 45.6 Å². The van der Waals surface area contributed by atoms with Crippen LogP contribution in [0.2, 0.25) is 5.02 Å². The molecule has 0 aliphatic carbocycles. The fourth-order valence-corrected chi connectivity index (χ4v) is 6.00. The highest BCUT2D eigenvalue weighted by atomic mass is 35.5. The maximum absolute atomic E-state index is 13.7. The van der Waals surface area contributed by atoms with Gasteiger partial charge in [-0.25, -0.2) is 13.9 Å². The summed E-state index contributed by atoms with van der Waals surface area (Å²) in [6, 6.07) is 9.78. The second kappa shape index (κ2) is 9.96. The predicted octanol–water partition coefficient (Wildman–Crippen LogP) is 5.05. The Bertz CT molecular complexity index is 1340. The van der Waals surface area contributed by atoms with Crippen LogP contribution in [0.3, 0.4) is 0 Å². The van der Waals surface area contributed by atoms with Crippen molar-refractivity contribution in [1.29, 1.82) is 0 Å². The summed E-state index contributed by atoms with van der Waals surface area (Å²) in [5.41, 5.74) is 0.949.